The second-order valence-corrected chi connectivity index (χ2v) is 4.53. The first-order chi connectivity index (χ1) is 8.80. The SMILES string of the molecule is CCNC(c1ncc(OC)nc1OC)C1CCC1. The maximum Gasteiger partial charge on any atom is 0.240 e. The Balaban J connectivity index is 2.27. The van der Waals surface area contributed by atoms with Gasteiger partial charge in [-0.1, -0.05) is 13.3 Å². The van der Waals surface area contributed by atoms with Crippen LogP contribution in [0.15, 0.2) is 6.20 Å². The van der Waals surface area contributed by atoms with E-state index in [2.05, 4.69) is 22.2 Å². The molecule has 0 amide bonds. The summed E-state index contributed by atoms with van der Waals surface area (Å²) in [6.45, 7) is 3.02. The van der Waals surface area contributed by atoms with E-state index in [0.29, 0.717) is 17.7 Å². The van der Waals surface area contributed by atoms with Crippen LogP contribution in [0, 0.1) is 5.92 Å². The molecule has 1 fully saturated rings. The summed E-state index contributed by atoms with van der Waals surface area (Å²) in [6.07, 6.45) is 5.45. The molecule has 0 radical (unpaired) electrons. The van der Waals surface area contributed by atoms with E-state index in [1.807, 2.05) is 0 Å². The lowest BCUT2D eigenvalue weighted by atomic mass is 9.78. The predicted molar refractivity (Wildman–Crippen MR) is 68.9 cm³/mol. The average molecular weight is 251 g/mol. The summed E-state index contributed by atoms with van der Waals surface area (Å²) in [7, 11) is 3.20. The zero-order valence-corrected chi connectivity index (χ0v) is 11.3. The van der Waals surface area contributed by atoms with Gasteiger partial charge in [-0.25, -0.2) is 4.98 Å². The van der Waals surface area contributed by atoms with Gasteiger partial charge in [-0.15, -0.1) is 0 Å². The average Bonchev–Trinajstić information content (AvgIpc) is 2.35. The standard InChI is InChI=1S/C13H21N3O2/c1-4-14-11(9-6-5-7-9)12-13(18-3)16-10(17-2)8-15-12/h8-9,11,14H,4-7H2,1-3H3. The first-order valence-electron chi connectivity index (χ1n) is 6.48. The molecule has 18 heavy (non-hydrogen) atoms. The number of methoxy groups -OCH3 is 2. The highest BCUT2D eigenvalue weighted by atomic mass is 16.5. The number of aromatic nitrogens is 2. The number of nitrogens with one attached hydrogen (secondary N) is 1. The molecule has 1 aliphatic rings. The Kier molecular flexibility index (Phi) is 4.36. The van der Waals surface area contributed by atoms with E-state index in [4.69, 9.17) is 9.47 Å². The summed E-state index contributed by atoms with van der Waals surface area (Å²) in [5, 5.41) is 3.49. The molecule has 1 heterocycles. The number of hydrogen-bond donors (Lipinski definition) is 1. The number of rotatable bonds is 6. The van der Waals surface area contributed by atoms with Gasteiger partial charge in [0.2, 0.25) is 11.8 Å². The lowest BCUT2D eigenvalue weighted by Gasteiger charge is -2.34. The fraction of sp³-hybridized carbons (Fsp3) is 0.692. The van der Waals surface area contributed by atoms with Crippen molar-refractivity contribution in [2.45, 2.75) is 32.2 Å². The molecule has 0 bridgehead atoms. The molecular formula is C13H21N3O2. The van der Waals surface area contributed by atoms with E-state index in [-0.39, 0.29) is 6.04 Å². The Bertz CT molecular complexity index is 394. The van der Waals surface area contributed by atoms with Gasteiger partial charge in [-0.3, -0.25) is 0 Å². The fourth-order valence-corrected chi connectivity index (χ4v) is 2.31. The Morgan fingerprint density at radius 3 is 2.67 bits per heavy atom. The van der Waals surface area contributed by atoms with Gasteiger partial charge >= 0.3 is 0 Å². The Labute approximate surface area is 108 Å². The normalized spacial score (nSPS) is 17.1. The largest absolute Gasteiger partial charge is 0.480 e. The fourth-order valence-electron chi connectivity index (χ4n) is 2.31. The highest BCUT2D eigenvalue weighted by Crippen LogP contribution is 2.39. The van der Waals surface area contributed by atoms with Crippen LogP contribution in [0.2, 0.25) is 0 Å². The van der Waals surface area contributed by atoms with E-state index in [1.165, 1.54) is 19.3 Å². The van der Waals surface area contributed by atoms with Crippen LogP contribution in [-0.2, 0) is 0 Å². The van der Waals surface area contributed by atoms with E-state index in [9.17, 15) is 0 Å². The van der Waals surface area contributed by atoms with Crippen molar-refractivity contribution < 1.29 is 9.47 Å². The molecule has 1 N–H and O–H groups in total. The molecule has 0 aliphatic heterocycles. The first kappa shape index (κ1) is 13.1. The number of nitrogens with zero attached hydrogens (tertiary/aromatic N) is 2. The lowest BCUT2D eigenvalue weighted by Crippen LogP contribution is -2.33. The van der Waals surface area contributed by atoms with Crippen LogP contribution in [0.5, 0.6) is 11.8 Å². The topological polar surface area (TPSA) is 56.3 Å². The summed E-state index contributed by atoms with van der Waals surface area (Å²) >= 11 is 0. The molecule has 0 saturated heterocycles. The zero-order valence-electron chi connectivity index (χ0n) is 11.3. The molecule has 1 unspecified atom stereocenters. The Morgan fingerprint density at radius 2 is 2.17 bits per heavy atom. The maximum atomic E-state index is 5.34. The quantitative estimate of drug-likeness (QED) is 0.837. The van der Waals surface area contributed by atoms with Crippen molar-refractivity contribution in [3.8, 4) is 11.8 Å². The summed E-state index contributed by atoms with van der Waals surface area (Å²) in [4.78, 5) is 8.77. The van der Waals surface area contributed by atoms with Gasteiger partial charge in [0.15, 0.2) is 0 Å². The van der Waals surface area contributed by atoms with Crippen molar-refractivity contribution in [2.24, 2.45) is 5.92 Å². The van der Waals surface area contributed by atoms with Crippen molar-refractivity contribution >= 4 is 0 Å². The second kappa shape index (κ2) is 6.00. The molecule has 1 aromatic rings. The van der Waals surface area contributed by atoms with Crippen LogP contribution in [0.3, 0.4) is 0 Å². The van der Waals surface area contributed by atoms with Crippen molar-refractivity contribution in [3.05, 3.63) is 11.9 Å². The molecule has 0 spiro atoms. The smallest absolute Gasteiger partial charge is 0.240 e. The third kappa shape index (κ3) is 2.56. The minimum atomic E-state index is 0.233. The van der Waals surface area contributed by atoms with E-state index < -0.39 is 0 Å². The lowest BCUT2D eigenvalue weighted by molar-refractivity contribution is 0.222. The number of ether oxygens (including phenoxy) is 2. The van der Waals surface area contributed by atoms with Crippen LogP contribution in [-0.4, -0.2) is 30.7 Å². The predicted octanol–water partition coefficient (Wildman–Crippen LogP) is 1.94. The van der Waals surface area contributed by atoms with Gasteiger partial charge in [0, 0.05) is 0 Å². The van der Waals surface area contributed by atoms with Gasteiger partial charge in [-0.05, 0) is 25.3 Å². The summed E-state index contributed by atoms with van der Waals surface area (Å²) in [6, 6.07) is 0.233. The summed E-state index contributed by atoms with van der Waals surface area (Å²) in [5.74, 6) is 1.69. The monoisotopic (exact) mass is 251 g/mol. The molecule has 0 aromatic carbocycles. The Hall–Kier alpha value is -1.36. The van der Waals surface area contributed by atoms with Gasteiger partial charge in [-0.2, -0.15) is 4.98 Å². The summed E-state index contributed by atoms with van der Waals surface area (Å²) in [5.41, 5.74) is 0.893. The second-order valence-electron chi connectivity index (χ2n) is 4.53. The molecular weight excluding hydrogens is 230 g/mol. The van der Waals surface area contributed by atoms with Gasteiger partial charge in [0.25, 0.3) is 0 Å². The molecule has 100 valence electrons. The molecule has 1 aromatic heterocycles. The molecule has 5 heteroatoms. The highest BCUT2D eigenvalue weighted by molar-refractivity contribution is 5.26. The molecule has 5 nitrogen and oxygen atoms in total. The van der Waals surface area contributed by atoms with Crippen LogP contribution >= 0.6 is 0 Å². The Morgan fingerprint density at radius 1 is 1.39 bits per heavy atom. The van der Waals surface area contributed by atoms with Crippen molar-refractivity contribution in [1.82, 2.24) is 15.3 Å². The van der Waals surface area contributed by atoms with Crippen molar-refractivity contribution in [2.75, 3.05) is 20.8 Å². The van der Waals surface area contributed by atoms with Crippen LogP contribution in [0.25, 0.3) is 0 Å². The molecule has 1 aliphatic carbocycles. The van der Waals surface area contributed by atoms with Crippen LogP contribution < -0.4 is 14.8 Å². The minimum Gasteiger partial charge on any atom is -0.480 e. The van der Waals surface area contributed by atoms with E-state index >= 15 is 0 Å². The van der Waals surface area contributed by atoms with Gasteiger partial charge < -0.3 is 14.8 Å². The zero-order chi connectivity index (χ0) is 13.0. The molecule has 1 saturated carbocycles. The van der Waals surface area contributed by atoms with Crippen molar-refractivity contribution in [1.29, 1.82) is 0 Å². The first-order valence-corrected chi connectivity index (χ1v) is 6.48. The summed E-state index contributed by atoms with van der Waals surface area (Å²) < 4.78 is 10.4. The van der Waals surface area contributed by atoms with Gasteiger partial charge in [0.1, 0.15) is 5.69 Å². The van der Waals surface area contributed by atoms with E-state index in [0.717, 1.165) is 12.2 Å². The molecule has 1 atom stereocenters. The maximum absolute atomic E-state index is 5.34. The molecule has 2 rings (SSSR count). The minimum absolute atomic E-state index is 0.233. The van der Waals surface area contributed by atoms with Gasteiger partial charge in [0.05, 0.1) is 26.5 Å². The van der Waals surface area contributed by atoms with E-state index in [1.54, 1.807) is 20.4 Å². The third-order valence-corrected chi connectivity index (χ3v) is 3.49. The highest BCUT2D eigenvalue weighted by Gasteiger charge is 2.31. The third-order valence-electron chi connectivity index (χ3n) is 3.49. The van der Waals surface area contributed by atoms with Crippen LogP contribution in [0.1, 0.15) is 37.9 Å². The van der Waals surface area contributed by atoms with Crippen molar-refractivity contribution in [3.63, 3.8) is 0 Å². The van der Waals surface area contributed by atoms with Crippen LogP contribution in [0.4, 0.5) is 0 Å². The number of hydrogen-bond acceptors (Lipinski definition) is 5.